The highest BCUT2D eigenvalue weighted by Crippen LogP contribution is 2.44. The second kappa shape index (κ2) is 13.6. The first-order valence-electron chi connectivity index (χ1n) is 14.4. The maximum absolute atomic E-state index is 15.6. The largest absolute Gasteiger partial charge is 0.493 e. The summed E-state index contributed by atoms with van der Waals surface area (Å²) in [5, 5.41) is 19.0. The summed E-state index contributed by atoms with van der Waals surface area (Å²) in [5.41, 5.74) is 0. The van der Waals surface area contributed by atoms with Gasteiger partial charge < -0.3 is 29.2 Å². The van der Waals surface area contributed by atoms with Crippen LogP contribution in [-0.2, 0) is 16.0 Å². The van der Waals surface area contributed by atoms with Gasteiger partial charge in [0.25, 0.3) is 0 Å². The smallest absolute Gasteiger partial charge is 0.306 e. The zero-order valence-electron chi connectivity index (χ0n) is 24.8. The molecule has 3 atom stereocenters. The number of Topliss-reactive ketones (excluding diaryl/α,β-unsaturated/α-hetero) is 1. The predicted octanol–water partition coefficient (Wildman–Crippen LogP) is 7.21. The van der Waals surface area contributed by atoms with Crippen molar-refractivity contribution in [3.8, 4) is 23.0 Å². The van der Waals surface area contributed by atoms with Crippen LogP contribution in [0.5, 0.6) is 23.0 Å². The van der Waals surface area contributed by atoms with E-state index in [1.807, 2.05) is 0 Å². The average Bonchev–Trinajstić information content (AvgIpc) is 3.61. The average molecular weight is 663 g/mol. The molecule has 240 valence electrons. The van der Waals surface area contributed by atoms with Crippen molar-refractivity contribution >= 4 is 60.6 Å². The van der Waals surface area contributed by atoms with Crippen LogP contribution in [0.1, 0.15) is 47.2 Å². The Labute approximate surface area is 265 Å². The van der Waals surface area contributed by atoms with E-state index >= 15 is 8.78 Å². The second-order valence-corrected chi connectivity index (χ2v) is 13.2. The lowest BCUT2D eigenvalue weighted by molar-refractivity contribution is -0.147. The number of methoxy groups -OCH3 is 2. The van der Waals surface area contributed by atoms with Gasteiger partial charge in [-0.25, -0.2) is 8.78 Å². The van der Waals surface area contributed by atoms with Crippen LogP contribution in [0.2, 0.25) is 0 Å². The minimum absolute atomic E-state index is 0.00570. The molecular weight excluding hydrogens is 630 g/mol. The monoisotopic (exact) mass is 662 g/mol. The Morgan fingerprint density at radius 3 is 1.98 bits per heavy atom. The van der Waals surface area contributed by atoms with Crippen LogP contribution in [-0.4, -0.2) is 55.4 Å². The van der Waals surface area contributed by atoms with Crippen LogP contribution < -0.4 is 18.9 Å². The molecule has 2 aromatic heterocycles. The molecule has 1 saturated carbocycles. The number of carbonyl (C=O) groups excluding carboxylic acids is 1. The maximum Gasteiger partial charge on any atom is 0.306 e. The Kier molecular flexibility index (Phi) is 9.78. The molecule has 45 heavy (non-hydrogen) atoms. The van der Waals surface area contributed by atoms with Crippen LogP contribution in [0.15, 0.2) is 24.3 Å². The highest BCUT2D eigenvalue weighted by molar-refractivity contribution is 7.21. The summed E-state index contributed by atoms with van der Waals surface area (Å²) in [6.07, 6.45) is 2.12. The Bertz CT molecular complexity index is 1760. The first-order valence-corrected chi connectivity index (χ1v) is 16.0. The van der Waals surface area contributed by atoms with E-state index < -0.39 is 35.3 Å². The molecule has 0 radical (unpaired) electrons. The summed E-state index contributed by atoms with van der Waals surface area (Å²) in [7, 11) is 2.78. The molecule has 2 N–H and O–H groups in total. The van der Waals surface area contributed by atoms with Crippen molar-refractivity contribution in [2.75, 3.05) is 27.4 Å². The number of ether oxygens (including phenoxy) is 4. The predicted molar refractivity (Wildman–Crippen MR) is 166 cm³/mol. The van der Waals surface area contributed by atoms with E-state index in [4.69, 9.17) is 24.1 Å². The van der Waals surface area contributed by atoms with Crippen molar-refractivity contribution in [1.82, 2.24) is 0 Å². The highest BCUT2D eigenvalue weighted by atomic mass is 32.1. The number of halogens is 2. The number of fused-ring (bicyclic) bond motifs is 2. The van der Waals surface area contributed by atoms with Crippen molar-refractivity contribution in [3.05, 3.63) is 45.7 Å². The Morgan fingerprint density at radius 2 is 1.47 bits per heavy atom. The number of carboxylic acid groups (broad SMARTS) is 2. The van der Waals surface area contributed by atoms with Gasteiger partial charge in [-0.2, -0.15) is 0 Å². The lowest BCUT2D eigenvalue weighted by atomic mass is 9.72. The van der Waals surface area contributed by atoms with Gasteiger partial charge >= 0.3 is 11.9 Å². The van der Waals surface area contributed by atoms with E-state index in [0.717, 1.165) is 22.6 Å². The fourth-order valence-corrected chi connectivity index (χ4v) is 7.55. The van der Waals surface area contributed by atoms with E-state index in [1.165, 1.54) is 38.5 Å². The summed E-state index contributed by atoms with van der Waals surface area (Å²) in [6, 6.07) is 6.39. The molecule has 1 fully saturated rings. The van der Waals surface area contributed by atoms with Gasteiger partial charge in [-0.15, -0.1) is 22.7 Å². The number of hydrogen-bond acceptors (Lipinski definition) is 9. The van der Waals surface area contributed by atoms with Gasteiger partial charge in [0, 0.05) is 50.0 Å². The standard InChI is InChI=1S/C32H32F2O9S2/c1-15(31(36)37)9-21(35)26-12-20-25(45-26)14-23(41-3)30(28(20)34)43-8-4-7-42-29-22(40-2)13-24-19(27(29)33)11-17(44-24)10-16-5-6-18(16)32(38)39/h11-16,18H,4-10H2,1-3H3,(H,36,37)(H,38,39)/t15-,16-,18+/m0/s1. The summed E-state index contributed by atoms with van der Waals surface area (Å²) >= 11 is 2.45. The Hall–Kier alpha value is -3.97. The Morgan fingerprint density at radius 1 is 0.889 bits per heavy atom. The first kappa shape index (κ1) is 32.4. The summed E-state index contributed by atoms with van der Waals surface area (Å²) < 4.78 is 54.4. The molecule has 0 amide bonds. The molecule has 13 heteroatoms. The molecular formula is C32H32F2O9S2. The van der Waals surface area contributed by atoms with E-state index in [2.05, 4.69) is 0 Å². The van der Waals surface area contributed by atoms with Gasteiger partial charge in [-0.1, -0.05) is 6.92 Å². The SMILES string of the molecule is COc1cc2sc(C[C@@H]3CC[C@H]3C(=O)O)cc2c(F)c1OCCCOc1c(OC)cc2sc(C(=O)C[C@H](C)C(=O)O)cc2c1F. The molecule has 5 rings (SSSR count). The minimum atomic E-state index is -1.09. The fraction of sp³-hybridized carbons (Fsp3) is 0.406. The lowest BCUT2D eigenvalue weighted by Gasteiger charge is -2.32. The molecule has 0 spiro atoms. The zero-order chi connectivity index (χ0) is 32.4. The van der Waals surface area contributed by atoms with Crippen LogP contribution in [0, 0.1) is 29.4 Å². The van der Waals surface area contributed by atoms with Crippen molar-refractivity contribution in [2.24, 2.45) is 17.8 Å². The van der Waals surface area contributed by atoms with E-state index in [-0.39, 0.29) is 71.2 Å². The van der Waals surface area contributed by atoms with Crippen LogP contribution in [0.3, 0.4) is 0 Å². The van der Waals surface area contributed by atoms with E-state index in [9.17, 15) is 19.5 Å². The van der Waals surface area contributed by atoms with E-state index in [1.54, 1.807) is 18.2 Å². The number of ketones is 1. The van der Waals surface area contributed by atoms with E-state index in [0.29, 0.717) is 27.6 Å². The summed E-state index contributed by atoms with van der Waals surface area (Å²) in [6.45, 7) is 1.47. The number of rotatable bonds is 15. The number of benzene rings is 2. The minimum Gasteiger partial charge on any atom is -0.493 e. The normalized spacial score (nSPS) is 16.7. The third-order valence-electron chi connectivity index (χ3n) is 8.02. The topological polar surface area (TPSA) is 129 Å². The zero-order valence-corrected chi connectivity index (χ0v) is 26.4. The molecule has 1 aliphatic rings. The van der Waals surface area contributed by atoms with Gasteiger partial charge in [0.05, 0.1) is 44.1 Å². The van der Waals surface area contributed by atoms with Gasteiger partial charge in [0.1, 0.15) is 0 Å². The molecule has 2 heterocycles. The highest BCUT2D eigenvalue weighted by Gasteiger charge is 2.36. The van der Waals surface area contributed by atoms with Gasteiger partial charge in [0.15, 0.2) is 40.4 Å². The van der Waals surface area contributed by atoms with Gasteiger partial charge in [0.2, 0.25) is 0 Å². The third kappa shape index (κ3) is 6.69. The van der Waals surface area contributed by atoms with Gasteiger partial charge in [-0.05, 0) is 37.3 Å². The second-order valence-electron chi connectivity index (χ2n) is 11.0. The molecule has 9 nitrogen and oxygen atoms in total. The van der Waals surface area contributed by atoms with Gasteiger partial charge in [-0.3, -0.25) is 14.4 Å². The van der Waals surface area contributed by atoms with Crippen molar-refractivity contribution in [2.45, 2.75) is 39.0 Å². The van der Waals surface area contributed by atoms with Crippen LogP contribution in [0.25, 0.3) is 20.2 Å². The van der Waals surface area contributed by atoms with Crippen molar-refractivity contribution < 1.29 is 52.3 Å². The molecule has 4 aromatic rings. The maximum atomic E-state index is 15.6. The van der Waals surface area contributed by atoms with Crippen molar-refractivity contribution in [1.29, 1.82) is 0 Å². The third-order valence-corrected chi connectivity index (χ3v) is 10.3. The molecule has 1 aliphatic carbocycles. The molecule has 0 saturated heterocycles. The number of hydrogen-bond donors (Lipinski definition) is 2. The summed E-state index contributed by atoms with van der Waals surface area (Å²) in [4.78, 5) is 36.2. The lowest BCUT2D eigenvalue weighted by Crippen LogP contribution is -2.33. The quantitative estimate of drug-likeness (QED) is 0.100. The molecule has 0 bridgehead atoms. The molecule has 0 aliphatic heterocycles. The number of thiophene rings is 2. The molecule has 2 aromatic carbocycles. The molecule has 0 unspecified atom stereocenters. The van der Waals surface area contributed by atoms with Crippen molar-refractivity contribution in [3.63, 3.8) is 0 Å². The number of carbonyl (C=O) groups is 3. The first-order chi connectivity index (χ1) is 21.5. The Balaban J connectivity index is 1.24. The number of aliphatic carboxylic acids is 2. The number of carboxylic acids is 2. The fourth-order valence-electron chi connectivity index (χ4n) is 5.33. The van der Waals surface area contributed by atoms with Crippen LogP contribution >= 0.6 is 22.7 Å². The van der Waals surface area contributed by atoms with Crippen LogP contribution in [0.4, 0.5) is 8.78 Å². The summed E-state index contributed by atoms with van der Waals surface area (Å²) in [5.74, 6) is -4.61.